The summed E-state index contributed by atoms with van der Waals surface area (Å²) in [6, 6.07) is 16.5. The number of carbonyl (C=O) groups excluding carboxylic acids is 2. The van der Waals surface area contributed by atoms with Crippen molar-refractivity contribution in [3.63, 3.8) is 0 Å². The maximum atomic E-state index is 12.9. The molecule has 2 amide bonds. The molecule has 3 nitrogen and oxygen atoms in total. The first-order valence-electron chi connectivity index (χ1n) is 6.93. The van der Waals surface area contributed by atoms with Crippen LogP contribution in [0, 0.1) is 3.57 Å². The molecule has 4 rings (SSSR count). The van der Waals surface area contributed by atoms with Crippen molar-refractivity contribution in [2.75, 3.05) is 4.90 Å². The minimum absolute atomic E-state index is 0.285. The Hall–Kier alpha value is -1.73. The summed E-state index contributed by atoms with van der Waals surface area (Å²) >= 11 is 5.68. The highest BCUT2D eigenvalue weighted by molar-refractivity contribution is 14.1. The van der Waals surface area contributed by atoms with Gasteiger partial charge in [-0.15, -0.1) is 0 Å². The monoisotopic (exact) mass is 477 g/mol. The molecular formula is C18H9BrINO2. The average molecular weight is 478 g/mol. The Bertz CT molecular complexity index is 960. The fourth-order valence-corrected chi connectivity index (χ4v) is 3.71. The van der Waals surface area contributed by atoms with Gasteiger partial charge in [-0.1, -0.05) is 28.1 Å². The first kappa shape index (κ1) is 14.8. The van der Waals surface area contributed by atoms with E-state index in [1.165, 1.54) is 4.90 Å². The van der Waals surface area contributed by atoms with E-state index in [1.807, 2.05) is 30.3 Å². The minimum Gasteiger partial charge on any atom is -0.268 e. The van der Waals surface area contributed by atoms with Crippen molar-refractivity contribution in [3.8, 4) is 0 Å². The van der Waals surface area contributed by atoms with Gasteiger partial charge < -0.3 is 0 Å². The Morgan fingerprint density at radius 3 is 2.17 bits per heavy atom. The summed E-state index contributed by atoms with van der Waals surface area (Å²) in [6.45, 7) is 0. The van der Waals surface area contributed by atoms with Gasteiger partial charge in [-0.3, -0.25) is 9.59 Å². The molecule has 0 N–H and O–H groups in total. The lowest BCUT2D eigenvalue weighted by Gasteiger charge is -2.27. The molecule has 0 fully saturated rings. The standard InChI is InChI=1S/C18H9BrINO2/c19-15-9-8-14-16-12(15)2-1-3-13(16)17(22)21(18(14)23)11-6-4-10(20)5-7-11/h1-9H. The molecule has 1 aliphatic rings. The molecule has 0 aliphatic carbocycles. The fraction of sp³-hybridized carbons (Fsp3) is 0. The van der Waals surface area contributed by atoms with E-state index in [4.69, 9.17) is 0 Å². The number of halogens is 2. The number of anilines is 1. The number of hydrogen-bond donors (Lipinski definition) is 0. The zero-order chi connectivity index (χ0) is 16.1. The van der Waals surface area contributed by atoms with Gasteiger partial charge in [0.15, 0.2) is 0 Å². The summed E-state index contributed by atoms with van der Waals surface area (Å²) in [5, 5.41) is 1.60. The molecule has 0 saturated carbocycles. The Morgan fingerprint density at radius 1 is 0.826 bits per heavy atom. The molecule has 23 heavy (non-hydrogen) atoms. The van der Waals surface area contributed by atoms with Crippen LogP contribution in [0.4, 0.5) is 5.69 Å². The molecule has 0 unspecified atom stereocenters. The van der Waals surface area contributed by atoms with Gasteiger partial charge in [0.25, 0.3) is 11.8 Å². The zero-order valence-electron chi connectivity index (χ0n) is 11.7. The van der Waals surface area contributed by atoms with Crippen LogP contribution in [0.15, 0.2) is 59.1 Å². The van der Waals surface area contributed by atoms with E-state index in [-0.39, 0.29) is 11.8 Å². The molecule has 3 aromatic rings. The van der Waals surface area contributed by atoms with Crippen molar-refractivity contribution in [2.45, 2.75) is 0 Å². The molecule has 0 spiro atoms. The lowest BCUT2D eigenvalue weighted by atomic mass is 9.94. The van der Waals surface area contributed by atoms with Gasteiger partial charge in [0.2, 0.25) is 0 Å². The van der Waals surface area contributed by atoms with E-state index < -0.39 is 0 Å². The second kappa shape index (κ2) is 5.42. The van der Waals surface area contributed by atoms with Gasteiger partial charge in [0.05, 0.1) is 5.69 Å². The lowest BCUT2D eigenvalue weighted by Crippen LogP contribution is -2.40. The first-order valence-corrected chi connectivity index (χ1v) is 8.80. The number of benzene rings is 3. The third-order valence-electron chi connectivity index (χ3n) is 3.94. The van der Waals surface area contributed by atoms with Crippen LogP contribution in [0.1, 0.15) is 20.7 Å². The van der Waals surface area contributed by atoms with E-state index in [0.29, 0.717) is 16.8 Å². The molecule has 0 bridgehead atoms. The SMILES string of the molecule is O=C1c2cccc3c(Br)ccc(c23)C(=O)N1c1ccc(I)cc1. The van der Waals surface area contributed by atoms with Gasteiger partial charge in [0.1, 0.15) is 0 Å². The lowest BCUT2D eigenvalue weighted by molar-refractivity contribution is 0.0893. The van der Waals surface area contributed by atoms with Crippen LogP contribution in [0.3, 0.4) is 0 Å². The number of nitrogens with zero attached hydrogens (tertiary/aromatic N) is 1. The Labute approximate surface area is 154 Å². The highest BCUT2D eigenvalue weighted by Crippen LogP contribution is 2.36. The molecule has 0 atom stereocenters. The molecule has 0 aromatic heterocycles. The van der Waals surface area contributed by atoms with Gasteiger partial charge in [-0.25, -0.2) is 4.90 Å². The molecule has 1 heterocycles. The summed E-state index contributed by atoms with van der Waals surface area (Å²) in [4.78, 5) is 27.0. The maximum absolute atomic E-state index is 12.9. The van der Waals surface area contributed by atoms with Crippen LogP contribution >= 0.6 is 38.5 Å². The van der Waals surface area contributed by atoms with Crippen LogP contribution in [-0.2, 0) is 0 Å². The Kier molecular flexibility index (Phi) is 3.50. The maximum Gasteiger partial charge on any atom is 0.265 e. The third kappa shape index (κ3) is 2.21. The second-order valence-corrected chi connectivity index (χ2v) is 7.35. The quantitative estimate of drug-likeness (QED) is 0.365. The predicted molar refractivity (Wildman–Crippen MR) is 102 cm³/mol. The van der Waals surface area contributed by atoms with Crippen LogP contribution < -0.4 is 4.90 Å². The van der Waals surface area contributed by atoms with Gasteiger partial charge in [-0.2, -0.15) is 0 Å². The van der Waals surface area contributed by atoms with Crippen molar-refractivity contribution in [1.82, 2.24) is 0 Å². The molecule has 5 heteroatoms. The van der Waals surface area contributed by atoms with E-state index in [1.54, 1.807) is 24.3 Å². The number of carbonyl (C=O) groups is 2. The van der Waals surface area contributed by atoms with Crippen molar-refractivity contribution in [1.29, 1.82) is 0 Å². The summed E-state index contributed by atoms with van der Waals surface area (Å²) in [7, 11) is 0. The number of imide groups is 1. The van der Waals surface area contributed by atoms with Gasteiger partial charge >= 0.3 is 0 Å². The largest absolute Gasteiger partial charge is 0.268 e. The summed E-state index contributed by atoms with van der Waals surface area (Å²) in [6.07, 6.45) is 0. The van der Waals surface area contributed by atoms with E-state index in [0.717, 1.165) is 18.8 Å². The number of hydrogen-bond acceptors (Lipinski definition) is 2. The topological polar surface area (TPSA) is 37.4 Å². The highest BCUT2D eigenvalue weighted by Gasteiger charge is 2.34. The summed E-state index contributed by atoms with van der Waals surface area (Å²) in [5.41, 5.74) is 1.69. The molecule has 0 radical (unpaired) electrons. The van der Waals surface area contributed by atoms with Crippen molar-refractivity contribution in [3.05, 3.63) is 73.8 Å². The zero-order valence-corrected chi connectivity index (χ0v) is 15.5. The van der Waals surface area contributed by atoms with Crippen molar-refractivity contribution < 1.29 is 9.59 Å². The Morgan fingerprint density at radius 2 is 1.48 bits per heavy atom. The van der Waals surface area contributed by atoms with Crippen LogP contribution in [0.2, 0.25) is 0 Å². The predicted octanol–water partition coefficient (Wildman–Crippen LogP) is 5.01. The van der Waals surface area contributed by atoms with Crippen LogP contribution in [-0.4, -0.2) is 11.8 Å². The van der Waals surface area contributed by atoms with Crippen molar-refractivity contribution >= 4 is 66.8 Å². The summed E-state index contributed by atoms with van der Waals surface area (Å²) in [5.74, 6) is -0.570. The van der Waals surface area contributed by atoms with E-state index in [2.05, 4.69) is 38.5 Å². The Balaban J connectivity index is 1.99. The van der Waals surface area contributed by atoms with Crippen molar-refractivity contribution in [2.24, 2.45) is 0 Å². The minimum atomic E-state index is -0.285. The van der Waals surface area contributed by atoms with Crippen LogP contribution in [0.25, 0.3) is 10.8 Å². The number of rotatable bonds is 1. The second-order valence-electron chi connectivity index (χ2n) is 5.25. The molecule has 3 aromatic carbocycles. The highest BCUT2D eigenvalue weighted by atomic mass is 127. The third-order valence-corrected chi connectivity index (χ3v) is 5.35. The number of amides is 2. The molecule has 112 valence electrons. The average Bonchev–Trinajstić information content (AvgIpc) is 2.56. The first-order chi connectivity index (χ1) is 11.1. The van der Waals surface area contributed by atoms with E-state index >= 15 is 0 Å². The van der Waals surface area contributed by atoms with E-state index in [9.17, 15) is 9.59 Å². The normalized spacial score (nSPS) is 13.7. The smallest absolute Gasteiger partial charge is 0.265 e. The summed E-state index contributed by atoms with van der Waals surface area (Å²) < 4.78 is 1.93. The molecular weight excluding hydrogens is 469 g/mol. The fourth-order valence-electron chi connectivity index (χ4n) is 2.89. The van der Waals surface area contributed by atoms with Gasteiger partial charge in [-0.05, 0) is 70.4 Å². The van der Waals surface area contributed by atoms with Crippen LogP contribution in [0.5, 0.6) is 0 Å². The van der Waals surface area contributed by atoms with Gasteiger partial charge in [0, 0.05) is 24.6 Å². The molecule has 0 saturated heterocycles. The molecule has 1 aliphatic heterocycles.